The van der Waals surface area contributed by atoms with Crippen molar-refractivity contribution in [1.29, 1.82) is 0 Å². The number of hydrogen-bond donors (Lipinski definition) is 2. The predicted molar refractivity (Wildman–Crippen MR) is 153 cm³/mol. The molecule has 0 spiro atoms. The van der Waals surface area contributed by atoms with Gasteiger partial charge in [0.2, 0.25) is 0 Å². The van der Waals surface area contributed by atoms with E-state index in [2.05, 4.69) is 26.1 Å². The molecular weight excluding hydrogens is 510 g/mol. The van der Waals surface area contributed by atoms with Crippen LogP contribution in [0.25, 0.3) is 22.2 Å². The minimum atomic E-state index is -3.88. The lowest BCUT2D eigenvalue weighted by Crippen LogP contribution is -2.15. The minimum absolute atomic E-state index is 0.0425. The third-order valence-corrected chi connectivity index (χ3v) is 7.62. The fourth-order valence-electron chi connectivity index (χ4n) is 4.48. The molecular formula is C30H27N5O3S. The molecule has 8 nitrogen and oxygen atoms in total. The van der Waals surface area contributed by atoms with Gasteiger partial charge in [0.25, 0.3) is 15.9 Å². The Hall–Kier alpha value is -4.63. The summed E-state index contributed by atoms with van der Waals surface area (Å²) in [5.41, 5.74) is 6.19. The fourth-order valence-corrected chi connectivity index (χ4v) is 5.48. The first-order valence-electron chi connectivity index (χ1n) is 12.3. The summed E-state index contributed by atoms with van der Waals surface area (Å²) in [4.78, 5) is 26.6. The van der Waals surface area contributed by atoms with Gasteiger partial charge in [0, 0.05) is 28.4 Å². The van der Waals surface area contributed by atoms with Crippen LogP contribution in [-0.2, 0) is 10.0 Å². The molecule has 2 N–H and O–H groups in total. The van der Waals surface area contributed by atoms with Crippen LogP contribution in [0.5, 0.6) is 0 Å². The van der Waals surface area contributed by atoms with Crippen LogP contribution in [0.4, 0.5) is 11.5 Å². The van der Waals surface area contributed by atoms with E-state index in [0.717, 1.165) is 22.1 Å². The molecule has 0 radical (unpaired) electrons. The average molecular weight is 538 g/mol. The maximum Gasteiger partial charge on any atom is 0.263 e. The largest absolute Gasteiger partial charge is 0.322 e. The van der Waals surface area contributed by atoms with Crippen LogP contribution < -0.4 is 10.0 Å². The smallest absolute Gasteiger partial charge is 0.263 e. The number of carbonyl (C=O) groups is 1. The zero-order chi connectivity index (χ0) is 27.7. The number of fused-ring (bicyclic) bond motifs is 1. The van der Waals surface area contributed by atoms with E-state index in [1.165, 1.54) is 12.1 Å². The fraction of sp³-hybridized carbons (Fsp3) is 0.133. The van der Waals surface area contributed by atoms with E-state index in [9.17, 15) is 13.2 Å². The van der Waals surface area contributed by atoms with E-state index in [0.29, 0.717) is 34.0 Å². The maximum atomic E-state index is 13.5. The molecule has 2 heterocycles. The number of amides is 1. The summed E-state index contributed by atoms with van der Waals surface area (Å²) in [5.74, 6) is 0.344. The lowest BCUT2D eigenvalue weighted by molar-refractivity contribution is 0.102. The Morgan fingerprint density at radius 1 is 0.795 bits per heavy atom. The first-order valence-corrected chi connectivity index (χ1v) is 13.8. The van der Waals surface area contributed by atoms with Crippen molar-refractivity contribution in [3.63, 3.8) is 0 Å². The van der Waals surface area contributed by atoms with Crippen LogP contribution in [-0.4, -0.2) is 29.3 Å². The first kappa shape index (κ1) is 26.0. The molecule has 0 saturated carbocycles. The second kappa shape index (κ2) is 10.3. The molecule has 0 aliphatic rings. The molecule has 39 heavy (non-hydrogen) atoms. The van der Waals surface area contributed by atoms with Crippen molar-refractivity contribution in [3.05, 3.63) is 107 Å². The van der Waals surface area contributed by atoms with E-state index in [1.54, 1.807) is 38.1 Å². The van der Waals surface area contributed by atoms with Crippen LogP contribution in [0, 0.1) is 27.7 Å². The number of pyridine rings is 1. The zero-order valence-electron chi connectivity index (χ0n) is 22.0. The van der Waals surface area contributed by atoms with E-state index in [1.807, 2.05) is 50.2 Å². The lowest BCUT2D eigenvalue weighted by atomic mass is 9.99. The van der Waals surface area contributed by atoms with Crippen molar-refractivity contribution < 1.29 is 13.2 Å². The van der Waals surface area contributed by atoms with Crippen molar-refractivity contribution in [2.75, 3.05) is 10.0 Å². The van der Waals surface area contributed by atoms with Crippen LogP contribution >= 0.6 is 0 Å². The van der Waals surface area contributed by atoms with Crippen LogP contribution in [0.1, 0.15) is 33.0 Å². The van der Waals surface area contributed by atoms with Gasteiger partial charge in [-0.05, 0) is 69.7 Å². The summed E-state index contributed by atoms with van der Waals surface area (Å²) in [6.07, 6.45) is 0. The normalized spacial score (nSPS) is 11.4. The summed E-state index contributed by atoms with van der Waals surface area (Å²) in [6.45, 7) is 7.52. The number of para-hydroxylation sites is 1. The predicted octanol–water partition coefficient (Wildman–Crippen LogP) is 5.98. The Labute approximate surface area is 227 Å². The molecule has 5 rings (SSSR count). The quantitative estimate of drug-likeness (QED) is 0.275. The highest BCUT2D eigenvalue weighted by atomic mass is 32.2. The second-order valence-electron chi connectivity index (χ2n) is 9.42. The molecule has 196 valence electrons. The number of nitrogens with zero attached hydrogens (tertiary/aromatic N) is 3. The highest BCUT2D eigenvalue weighted by Crippen LogP contribution is 2.28. The Bertz CT molecular complexity index is 1810. The second-order valence-corrected chi connectivity index (χ2v) is 11.1. The number of aryl methyl sites for hydroxylation is 4. The van der Waals surface area contributed by atoms with Gasteiger partial charge in [-0.2, -0.15) is 0 Å². The van der Waals surface area contributed by atoms with Crippen molar-refractivity contribution in [2.45, 2.75) is 32.6 Å². The summed E-state index contributed by atoms with van der Waals surface area (Å²) >= 11 is 0. The molecule has 0 bridgehead atoms. The van der Waals surface area contributed by atoms with E-state index in [-0.39, 0.29) is 16.6 Å². The number of rotatable bonds is 6. The van der Waals surface area contributed by atoms with Gasteiger partial charge >= 0.3 is 0 Å². The van der Waals surface area contributed by atoms with Gasteiger partial charge in [-0.3, -0.25) is 9.52 Å². The number of aromatic nitrogens is 3. The molecule has 0 aliphatic carbocycles. The zero-order valence-corrected chi connectivity index (χ0v) is 22.8. The number of nitrogens with one attached hydrogen (secondary N) is 2. The summed E-state index contributed by atoms with van der Waals surface area (Å²) in [5, 5.41) is 3.62. The van der Waals surface area contributed by atoms with Gasteiger partial charge in [-0.15, -0.1) is 0 Å². The van der Waals surface area contributed by atoms with Gasteiger partial charge < -0.3 is 5.32 Å². The van der Waals surface area contributed by atoms with Crippen molar-refractivity contribution in [1.82, 2.24) is 15.0 Å². The van der Waals surface area contributed by atoms with Gasteiger partial charge in [0.15, 0.2) is 0 Å². The first-order chi connectivity index (χ1) is 18.6. The number of carbonyl (C=O) groups excluding carboxylic acids is 1. The van der Waals surface area contributed by atoms with Crippen LogP contribution in [0.2, 0.25) is 0 Å². The number of hydrogen-bond acceptors (Lipinski definition) is 6. The lowest BCUT2D eigenvalue weighted by Gasteiger charge is -2.13. The van der Waals surface area contributed by atoms with Crippen LogP contribution in [0.3, 0.4) is 0 Å². The SMILES string of the molecule is Cc1ccc(-c2cc(C(=O)Nc3ccc(S(=O)(=O)Nc4cc(C)nc(C)n4)cc3)c3ccccc3n2)c(C)c1. The summed E-state index contributed by atoms with van der Waals surface area (Å²) < 4.78 is 28.2. The molecule has 0 unspecified atom stereocenters. The van der Waals surface area contributed by atoms with Crippen molar-refractivity contribution in [2.24, 2.45) is 0 Å². The Balaban J connectivity index is 1.42. The summed E-state index contributed by atoms with van der Waals surface area (Å²) in [7, 11) is -3.88. The molecule has 0 fully saturated rings. The number of benzene rings is 3. The van der Waals surface area contributed by atoms with Crippen molar-refractivity contribution >= 4 is 38.3 Å². The molecule has 2 aromatic heterocycles. The van der Waals surface area contributed by atoms with Gasteiger partial charge in [0.05, 0.1) is 21.7 Å². The van der Waals surface area contributed by atoms with Crippen molar-refractivity contribution in [3.8, 4) is 11.3 Å². The Kier molecular flexibility index (Phi) is 6.84. The average Bonchev–Trinajstić information content (AvgIpc) is 2.87. The van der Waals surface area contributed by atoms with E-state index < -0.39 is 10.0 Å². The third-order valence-electron chi connectivity index (χ3n) is 6.25. The molecule has 0 saturated heterocycles. The Morgan fingerprint density at radius 2 is 1.54 bits per heavy atom. The topological polar surface area (TPSA) is 114 Å². The van der Waals surface area contributed by atoms with Gasteiger partial charge in [0.1, 0.15) is 11.6 Å². The van der Waals surface area contributed by atoms with Crippen LogP contribution in [0.15, 0.2) is 83.8 Å². The summed E-state index contributed by atoms with van der Waals surface area (Å²) in [6, 6.07) is 23.0. The third kappa shape index (κ3) is 5.63. The number of anilines is 2. The minimum Gasteiger partial charge on any atom is -0.322 e. The van der Waals surface area contributed by atoms with E-state index in [4.69, 9.17) is 4.98 Å². The standard InChI is InChI=1S/C30H27N5O3S/c1-18-9-14-24(19(2)15-18)28-17-26(25-7-5-6-8-27(25)34-28)30(36)33-22-10-12-23(13-11-22)39(37,38)35-29-16-20(3)31-21(4)32-29/h5-17H,1-4H3,(H,33,36)(H,31,32,35). The Morgan fingerprint density at radius 3 is 2.26 bits per heavy atom. The molecule has 1 amide bonds. The molecule has 5 aromatic rings. The van der Waals surface area contributed by atoms with Gasteiger partial charge in [-0.1, -0.05) is 42.0 Å². The molecule has 9 heteroatoms. The van der Waals surface area contributed by atoms with Gasteiger partial charge in [-0.25, -0.2) is 23.4 Å². The highest BCUT2D eigenvalue weighted by molar-refractivity contribution is 7.92. The maximum absolute atomic E-state index is 13.5. The van der Waals surface area contributed by atoms with E-state index >= 15 is 0 Å². The highest BCUT2D eigenvalue weighted by Gasteiger charge is 2.18. The molecule has 0 aliphatic heterocycles. The molecule has 0 atom stereocenters. The molecule has 3 aromatic carbocycles. The number of sulfonamides is 1. The monoisotopic (exact) mass is 537 g/mol.